The van der Waals surface area contributed by atoms with Gasteiger partial charge in [0.15, 0.2) is 5.11 Å². The van der Waals surface area contributed by atoms with Gasteiger partial charge < -0.3 is 11.1 Å². The summed E-state index contributed by atoms with van der Waals surface area (Å²) >= 11 is 4.43. The third kappa shape index (κ3) is 3.69. The average molecular weight is 103 g/mol. The van der Waals surface area contributed by atoms with E-state index in [2.05, 4.69) is 17.5 Å². The molecule has 0 fully saturated rings. The minimum atomic E-state index is 0.317. The topological polar surface area (TPSA) is 38.0 Å². The molecule has 0 aromatic rings. The monoisotopic (exact) mass is 103 g/mol. The van der Waals surface area contributed by atoms with Crippen molar-refractivity contribution in [3.8, 4) is 0 Å². The Morgan fingerprint density at radius 3 is 2.50 bits per heavy atom. The molecule has 0 rings (SSSR count). The molecule has 3 heteroatoms. The molecule has 0 aliphatic heterocycles. The van der Waals surface area contributed by atoms with E-state index in [0.29, 0.717) is 5.11 Å². The van der Waals surface area contributed by atoms with Crippen molar-refractivity contribution in [2.24, 2.45) is 5.73 Å². The van der Waals surface area contributed by atoms with Crippen LogP contribution in [0.3, 0.4) is 0 Å². The first-order valence-electron chi connectivity index (χ1n) is 1.61. The molecule has 0 aliphatic rings. The van der Waals surface area contributed by atoms with Crippen LogP contribution in [-0.2, 0) is 0 Å². The van der Waals surface area contributed by atoms with Gasteiger partial charge in [0.25, 0.3) is 0 Å². The van der Waals surface area contributed by atoms with Crippen molar-refractivity contribution >= 4 is 17.3 Å². The van der Waals surface area contributed by atoms with Gasteiger partial charge in [-0.25, -0.2) is 0 Å². The van der Waals surface area contributed by atoms with Gasteiger partial charge in [-0.3, -0.25) is 0 Å². The van der Waals surface area contributed by atoms with E-state index < -0.39 is 0 Å². The summed E-state index contributed by atoms with van der Waals surface area (Å²) in [6.07, 6.45) is 0. The average Bonchev–Trinajstić information content (AvgIpc) is 1.35. The Balaban J connectivity index is 2.83. The van der Waals surface area contributed by atoms with Crippen molar-refractivity contribution < 1.29 is 0 Å². The largest absolute Gasteiger partial charge is 0.376 e. The number of thiocarbonyl (C=S) groups is 1. The Hall–Kier alpha value is -0.310. The second-order valence-electron chi connectivity index (χ2n) is 0.797. The molecule has 0 saturated heterocycles. The van der Waals surface area contributed by atoms with Gasteiger partial charge in [-0.05, 0) is 19.1 Å². The molecule has 6 heavy (non-hydrogen) atoms. The maximum absolute atomic E-state index is 4.99. The van der Waals surface area contributed by atoms with Crippen molar-refractivity contribution in [2.75, 3.05) is 0 Å². The Morgan fingerprint density at radius 1 is 2.00 bits per heavy atom. The van der Waals surface area contributed by atoms with E-state index in [4.69, 9.17) is 5.73 Å². The molecule has 0 saturated carbocycles. The number of rotatable bonds is 1. The molecule has 3 N–H and O–H groups in total. The fourth-order valence-electron chi connectivity index (χ4n) is 0.142. The number of nitrogens with one attached hydrogen (secondary N) is 1. The van der Waals surface area contributed by atoms with Crippen LogP contribution < -0.4 is 11.1 Å². The summed E-state index contributed by atoms with van der Waals surface area (Å²) in [5, 5.41) is 2.91. The molecule has 0 aliphatic carbocycles. The van der Waals surface area contributed by atoms with Gasteiger partial charge in [0.2, 0.25) is 0 Å². The zero-order valence-corrected chi connectivity index (χ0v) is 4.38. The van der Waals surface area contributed by atoms with Crippen molar-refractivity contribution in [1.82, 2.24) is 5.32 Å². The lowest BCUT2D eigenvalue weighted by molar-refractivity contribution is 1.12. The van der Waals surface area contributed by atoms with Crippen LogP contribution in [0.2, 0.25) is 0 Å². The molecule has 0 amide bonds. The van der Waals surface area contributed by atoms with Crippen molar-refractivity contribution in [3.05, 3.63) is 6.54 Å². The second-order valence-corrected chi connectivity index (χ2v) is 1.24. The fourth-order valence-corrected chi connectivity index (χ4v) is 0.260. The summed E-state index contributed by atoms with van der Waals surface area (Å²) in [5.41, 5.74) is 4.99. The van der Waals surface area contributed by atoms with Crippen LogP contribution >= 0.6 is 12.2 Å². The van der Waals surface area contributed by atoms with Gasteiger partial charge in [0, 0.05) is 6.54 Å². The van der Waals surface area contributed by atoms with Crippen LogP contribution in [-0.4, -0.2) is 5.11 Å². The normalized spacial score (nSPS) is 7.50. The summed E-state index contributed by atoms with van der Waals surface area (Å²) in [6.45, 7) is 3.50. The van der Waals surface area contributed by atoms with Crippen LogP contribution in [0.25, 0.3) is 0 Å². The Bertz CT molecular complexity index is 52.8. The zero-order valence-electron chi connectivity index (χ0n) is 3.56. The summed E-state index contributed by atoms with van der Waals surface area (Å²) in [6, 6.07) is 0. The minimum absolute atomic E-state index is 0.317. The SMILES string of the molecule is C[CH]NC(N)=S. The molecule has 0 heterocycles. The predicted octanol–water partition coefficient (Wildman–Crippen LogP) is 0.00129. The molecule has 0 unspecified atom stereocenters. The van der Waals surface area contributed by atoms with Crippen LogP contribution in [0.15, 0.2) is 0 Å². The zero-order chi connectivity index (χ0) is 4.99. The van der Waals surface area contributed by atoms with Crippen LogP contribution in [0.4, 0.5) is 0 Å². The lowest BCUT2D eigenvalue weighted by atomic mass is 10.8. The molecule has 0 spiro atoms. The van der Waals surface area contributed by atoms with E-state index in [1.807, 2.05) is 6.92 Å². The first-order chi connectivity index (χ1) is 2.77. The predicted molar refractivity (Wildman–Crippen MR) is 29.9 cm³/mol. The molecule has 0 aromatic heterocycles. The Morgan fingerprint density at radius 2 is 2.50 bits per heavy atom. The van der Waals surface area contributed by atoms with Crippen LogP contribution in [0.5, 0.6) is 0 Å². The van der Waals surface area contributed by atoms with Gasteiger partial charge in [0.1, 0.15) is 0 Å². The number of hydrogen-bond acceptors (Lipinski definition) is 1. The molecule has 35 valence electrons. The van der Waals surface area contributed by atoms with Crippen LogP contribution in [0.1, 0.15) is 6.92 Å². The number of nitrogens with two attached hydrogens (primary N) is 1. The Labute approximate surface area is 42.7 Å². The highest BCUT2D eigenvalue weighted by atomic mass is 32.1. The molecule has 0 bridgehead atoms. The molecule has 2 nitrogen and oxygen atoms in total. The maximum Gasteiger partial charge on any atom is 0.163 e. The summed E-state index contributed by atoms with van der Waals surface area (Å²) in [5.74, 6) is 0. The second kappa shape index (κ2) is 2.90. The first kappa shape index (κ1) is 5.69. The molecular formula is C3H7N2S. The maximum atomic E-state index is 4.99. The summed E-state index contributed by atoms with van der Waals surface area (Å²) in [4.78, 5) is 0. The molecule has 1 radical (unpaired) electrons. The molecular weight excluding hydrogens is 96.1 g/mol. The van der Waals surface area contributed by atoms with Crippen molar-refractivity contribution in [1.29, 1.82) is 0 Å². The lowest BCUT2D eigenvalue weighted by Gasteiger charge is -1.92. The lowest BCUT2D eigenvalue weighted by Crippen LogP contribution is -2.25. The number of hydrogen-bond donors (Lipinski definition) is 2. The molecule has 0 atom stereocenters. The van der Waals surface area contributed by atoms with E-state index in [1.54, 1.807) is 6.54 Å². The van der Waals surface area contributed by atoms with Crippen LogP contribution in [0, 0.1) is 6.54 Å². The fraction of sp³-hybridized carbons (Fsp3) is 0.333. The highest BCUT2D eigenvalue weighted by Gasteiger charge is 1.74. The van der Waals surface area contributed by atoms with Gasteiger partial charge in [-0.1, -0.05) is 0 Å². The van der Waals surface area contributed by atoms with Gasteiger partial charge >= 0.3 is 0 Å². The standard InChI is InChI=1S/C3H7N2S/c1-2-5-3(4)6/h2H,1H3,(H3,4,5,6). The summed E-state index contributed by atoms with van der Waals surface area (Å²) < 4.78 is 0. The van der Waals surface area contributed by atoms with Gasteiger partial charge in [0.05, 0.1) is 0 Å². The van der Waals surface area contributed by atoms with E-state index in [9.17, 15) is 0 Å². The van der Waals surface area contributed by atoms with E-state index in [0.717, 1.165) is 0 Å². The van der Waals surface area contributed by atoms with E-state index in [-0.39, 0.29) is 0 Å². The van der Waals surface area contributed by atoms with E-state index in [1.165, 1.54) is 0 Å². The Kier molecular flexibility index (Phi) is 2.75. The van der Waals surface area contributed by atoms with Crippen molar-refractivity contribution in [2.45, 2.75) is 6.92 Å². The van der Waals surface area contributed by atoms with E-state index >= 15 is 0 Å². The summed E-state index contributed by atoms with van der Waals surface area (Å²) in [7, 11) is 0. The highest BCUT2D eigenvalue weighted by molar-refractivity contribution is 7.80. The quantitative estimate of drug-likeness (QED) is 0.459. The molecule has 0 aromatic carbocycles. The third-order valence-corrected chi connectivity index (χ3v) is 0.404. The third-order valence-electron chi connectivity index (χ3n) is 0.287. The first-order valence-corrected chi connectivity index (χ1v) is 2.02. The highest BCUT2D eigenvalue weighted by Crippen LogP contribution is 1.59. The van der Waals surface area contributed by atoms with Gasteiger partial charge in [-0.2, -0.15) is 0 Å². The minimum Gasteiger partial charge on any atom is -0.376 e. The smallest absolute Gasteiger partial charge is 0.163 e. The van der Waals surface area contributed by atoms with Crippen molar-refractivity contribution in [3.63, 3.8) is 0 Å². The van der Waals surface area contributed by atoms with Gasteiger partial charge in [-0.15, -0.1) is 0 Å².